The molecule has 1 atom stereocenters. The Morgan fingerprint density at radius 2 is 2.10 bits per heavy atom. The average molecular weight is 414 g/mol. The molecule has 3 amide bonds. The first-order valence-corrected chi connectivity index (χ1v) is 10.9. The highest BCUT2D eigenvalue weighted by atomic mass is 16.5. The summed E-state index contributed by atoms with van der Waals surface area (Å²) in [5, 5.41) is 10.0. The first kappa shape index (κ1) is 20.7. The molecular weight excluding hydrogens is 382 g/mol. The summed E-state index contributed by atoms with van der Waals surface area (Å²) < 4.78 is 7.88. The number of hydrogen-bond donors (Lipinski definition) is 3. The summed E-state index contributed by atoms with van der Waals surface area (Å²) in [7, 11) is 0. The van der Waals surface area contributed by atoms with Crippen molar-refractivity contribution in [3.05, 3.63) is 36.0 Å². The summed E-state index contributed by atoms with van der Waals surface area (Å²) in [5.74, 6) is 0.0828. The molecule has 1 aromatic carbocycles. The molecule has 1 aliphatic carbocycles. The van der Waals surface area contributed by atoms with Crippen molar-refractivity contribution in [1.82, 2.24) is 25.4 Å². The van der Waals surface area contributed by atoms with E-state index in [1.807, 2.05) is 24.0 Å². The minimum absolute atomic E-state index is 0.0828. The number of carbonyl (C=O) groups is 2. The molecule has 1 aromatic heterocycles. The Hall–Kier alpha value is -2.58. The van der Waals surface area contributed by atoms with Gasteiger partial charge in [-0.2, -0.15) is 0 Å². The van der Waals surface area contributed by atoms with Gasteiger partial charge in [0.15, 0.2) is 0 Å². The number of morpholine rings is 1. The van der Waals surface area contributed by atoms with Crippen molar-refractivity contribution in [3.63, 3.8) is 0 Å². The van der Waals surface area contributed by atoms with E-state index in [1.165, 1.54) is 0 Å². The van der Waals surface area contributed by atoms with Crippen LogP contribution in [0.3, 0.4) is 0 Å². The molecule has 2 fully saturated rings. The lowest BCUT2D eigenvalue weighted by Gasteiger charge is -2.30. The summed E-state index contributed by atoms with van der Waals surface area (Å²) in [5.41, 5.74) is 2.25. The molecule has 1 aliphatic heterocycles. The van der Waals surface area contributed by atoms with Gasteiger partial charge in [-0.3, -0.25) is 4.79 Å². The van der Waals surface area contributed by atoms with Crippen LogP contribution in [0.25, 0.3) is 10.9 Å². The molecule has 3 N–H and O–H groups in total. The molecule has 8 heteroatoms. The summed E-state index contributed by atoms with van der Waals surface area (Å²) in [6.07, 6.45) is 3.84. The Labute approximate surface area is 176 Å². The molecule has 0 bridgehead atoms. The fourth-order valence-electron chi connectivity index (χ4n) is 4.01. The lowest BCUT2D eigenvalue weighted by atomic mass is 10.1. The lowest BCUT2D eigenvalue weighted by Crippen LogP contribution is -2.49. The van der Waals surface area contributed by atoms with E-state index in [2.05, 4.69) is 38.8 Å². The van der Waals surface area contributed by atoms with Gasteiger partial charge in [-0.05, 0) is 31.4 Å². The maximum atomic E-state index is 13.1. The number of benzene rings is 1. The molecule has 0 radical (unpaired) electrons. The summed E-state index contributed by atoms with van der Waals surface area (Å²) in [6.45, 7) is 6.25. The molecule has 8 nitrogen and oxygen atoms in total. The number of nitrogens with zero attached hydrogens (tertiary/aromatic N) is 2. The molecule has 1 saturated carbocycles. The maximum absolute atomic E-state index is 13.1. The SMILES string of the molecule is CCNC(=O)NCCn1cc(CN(C(=O)C2CNCCO2)C2CC2)c2ccccc21. The van der Waals surface area contributed by atoms with E-state index in [0.717, 1.165) is 35.9 Å². The molecule has 1 unspecified atom stereocenters. The topological polar surface area (TPSA) is 87.6 Å². The fraction of sp³-hybridized carbons (Fsp3) is 0.545. The number of fused-ring (bicyclic) bond motifs is 1. The van der Waals surface area contributed by atoms with Gasteiger partial charge in [0.1, 0.15) is 6.10 Å². The summed E-state index contributed by atoms with van der Waals surface area (Å²) >= 11 is 0. The third kappa shape index (κ3) is 4.76. The monoisotopic (exact) mass is 413 g/mol. The normalized spacial score (nSPS) is 18.9. The summed E-state index contributed by atoms with van der Waals surface area (Å²) in [4.78, 5) is 26.8. The zero-order valence-corrected chi connectivity index (χ0v) is 17.5. The predicted octanol–water partition coefficient (Wildman–Crippen LogP) is 1.44. The standard InChI is InChI=1S/C22H31N5O3/c1-2-24-22(29)25-9-11-26-14-16(18-5-3-4-6-19(18)26)15-27(17-7-8-17)21(28)20-13-23-10-12-30-20/h3-6,14,17,20,23H,2,7-13,15H2,1H3,(H2,24,25,29). The van der Waals surface area contributed by atoms with Crippen molar-refractivity contribution in [2.45, 2.75) is 45.0 Å². The van der Waals surface area contributed by atoms with E-state index >= 15 is 0 Å². The minimum Gasteiger partial charge on any atom is -0.366 e. The van der Waals surface area contributed by atoms with Gasteiger partial charge in [-0.15, -0.1) is 0 Å². The number of rotatable bonds is 8. The maximum Gasteiger partial charge on any atom is 0.314 e. The van der Waals surface area contributed by atoms with Crippen molar-refractivity contribution in [1.29, 1.82) is 0 Å². The highest BCUT2D eigenvalue weighted by Gasteiger charge is 2.37. The van der Waals surface area contributed by atoms with Crippen molar-refractivity contribution < 1.29 is 14.3 Å². The smallest absolute Gasteiger partial charge is 0.314 e. The molecule has 162 valence electrons. The van der Waals surface area contributed by atoms with E-state index in [-0.39, 0.29) is 11.9 Å². The Morgan fingerprint density at radius 1 is 1.27 bits per heavy atom. The van der Waals surface area contributed by atoms with Crippen LogP contribution in [0.4, 0.5) is 4.79 Å². The Balaban J connectivity index is 1.50. The van der Waals surface area contributed by atoms with Gasteiger partial charge in [0, 0.05) is 62.4 Å². The van der Waals surface area contributed by atoms with Crippen LogP contribution in [0, 0.1) is 0 Å². The van der Waals surface area contributed by atoms with Crippen LogP contribution in [0.1, 0.15) is 25.3 Å². The quantitative estimate of drug-likeness (QED) is 0.611. The Bertz CT molecular complexity index is 886. The molecule has 1 saturated heterocycles. The first-order valence-electron chi connectivity index (χ1n) is 10.9. The van der Waals surface area contributed by atoms with Crippen molar-refractivity contribution >= 4 is 22.8 Å². The second-order valence-electron chi connectivity index (χ2n) is 7.91. The largest absolute Gasteiger partial charge is 0.366 e. The highest BCUT2D eigenvalue weighted by molar-refractivity contribution is 5.86. The van der Waals surface area contributed by atoms with Gasteiger partial charge in [0.2, 0.25) is 0 Å². The number of para-hydroxylation sites is 1. The first-order chi connectivity index (χ1) is 14.7. The van der Waals surface area contributed by atoms with Crippen molar-refractivity contribution in [3.8, 4) is 0 Å². The van der Waals surface area contributed by atoms with E-state index in [4.69, 9.17) is 4.74 Å². The zero-order chi connectivity index (χ0) is 20.9. The van der Waals surface area contributed by atoms with E-state index in [9.17, 15) is 9.59 Å². The second-order valence-corrected chi connectivity index (χ2v) is 7.91. The van der Waals surface area contributed by atoms with Gasteiger partial charge in [-0.25, -0.2) is 4.79 Å². The molecule has 30 heavy (non-hydrogen) atoms. The van der Waals surface area contributed by atoms with Crippen LogP contribution in [0.15, 0.2) is 30.5 Å². The summed E-state index contributed by atoms with van der Waals surface area (Å²) in [6, 6.07) is 8.39. The molecule has 2 aliphatic rings. The van der Waals surface area contributed by atoms with Gasteiger partial charge in [0.25, 0.3) is 5.91 Å². The zero-order valence-electron chi connectivity index (χ0n) is 17.5. The van der Waals surface area contributed by atoms with Crippen molar-refractivity contribution in [2.24, 2.45) is 0 Å². The molecule has 2 heterocycles. The average Bonchev–Trinajstić information content (AvgIpc) is 3.55. The van der Waals surface area contributed by atoms with E-state index in [1.54, 1.807) is 0 Å². The molecular formula is C22H31N5O3. The number of amides is 3. The van der Waals surface area contributed by atoms with Crippen LogP contribution in [0.5, 0.6) is 0 Å². The number of carbonyl (C=O) groups excluding carboxylic acids is 2. The Morgan fingerprint density at radius 3 is 2.83 bits per heavy atom. The number of nitrogens with one attached hydrogen (secondary N) is 3. The Kier molecular flexibility index (Phi) is 6.54. The fourth-order valence-corrected chi connectivity index (χ4v) is 4.01. The lowest BCUT2D eigenvalue weighted by molar-refractivity contribution is -0.146. The van der Waals surface area contributed by atoms with Crippen LogP contribution < -0.4 is 16.0 Å². The molecule has 0 spiro atoms. The molecule has 4 rings (SSSR count). The number of hydrogen-bond acceptors (Lipinski definition) is 4. The van der Waals surface area contributed by atoms with Gasteiger partial charge >= 0.3 is 6.03 Å². The number of urea groups is 1. The van der Waals surface area contributed by atoms with E-state index < -0.39 is 6.10 Å². The third-order valence-electron chi connectivity index (χ3n) is 5.66. The minimum atomic E-state index is -0.394. The highest BCUT2D eigenvalue weighted by Crippen LogP contribution is 2.31. The van der Waals surface area contributed by atoms with Gasteiger partial charge in [-0.1, -0.05) is 18.2 Å². The van der Waals surface area contributed by atoms with Crippen LogP contribution in [0.2, 0.25) is 0 Å². The van der Waals surface area contributed by atoms with Gasteiger partial charge < -0.3 is 30.2 Å². The number of aromatic nitrogens is 1. The van der Waals surface area contributed by atoms with Gasteiger partial charge in [0.05, 0.1) is 6.61 Å². The number of ether oxygens (including phenoxy) is 1. The molecule has 2 aromatic rings. The second kappa shape index (κ2) is 9.49. The van der Waals surface area contributed by atoms with E-state index in [0.29, 0.717) is 45.4 Å². The predicted molar refractivity (Wildman–Crippen MR) is 115 cm³/mol. The van der Waals surface area contributed by atoms with Crippen LogP contribution in [-0.4, -0.2) is 66.3 Å². The van der Waals surface area contributed by atoms with Crippen molar-refractivity contribution in [2.75, 3.05) is 32.8 Å². The third-order valence-corrected chi connectivity index (χ3v) is 5.66. The van der Waals surface area contributed by atoms with Crippen LogP contribution in [-0.2, 0) is 22.6 Å². The van der Waals surface area contributed by atoms with Crippen LogP contribution >= 0.6 is 0 Å².